The Balaban J connectivity index is 1.66. The normalized spacial score (nSPS) is 20.2. The van der Waals surface area contributed by atoms with Gasteiger partial charge < -0.3 is 0 Å². The molecule has 0 radical (unpaired) electrons. The van der Waals surface area contributed by atoms with Gasteiger partial charge >= 0.3 is 0 Å². The van der Waals surface area contributed by atoms with Gasteiger partial charge in [-0.15, -0.1) is 11.3 Å². The Morgan fingerprint density at radius 2 is 2.17 bits per heavy atom. The SMILES string of the molecule is NS(=O)(=O)NC[C@@H]1CCCN(Cc2sc3ccccc3c2Cl)C1. The maximum absolute atomic E-state index is 11.0. The van der Waals surface area contributed by atoms with Crippen LogP contribution in [0.25, 0.3) is 10.1 Å². The first kappa shape index (κ1) is 17.1. The lowest BCUT2D eigenvalue weighted by Gasteiger charge is -2.32. The maximum atomic E-state index is 11.0. The summed E-state index contributed by atoms with van der Waals surface area (Å²) in [5.41, 5.74) is 0. The van der Waals surface area contributed by atoms with Gasteiger partial charge in [0, 0.05) is 34.6 Å². The lowest BCUT2D eigenvalue weighted by atomic mass is 9.98. The van der Waals surface area contributed by atoms with E-state index in [1.165, 1.54) is 9.58 Å². The topological polar surface area (TPSA) is 75.4 Å². The largest absolute Gasteiger partial charge is 0.298 e. The van der Waals surface area contributed by atoms with Crippen LogP contribution in [-0.4, -0.2) is 33.0 Å². The fraction of sp³-hybridized carbons (Fsp3) is 0.467. The molecule has 0 amide bonds. The lowest BCUT2D eigenvalue weighted by Crippen LogP contribution is -2.42. The van der Waals surface area contributed by atoms with Gasteiger partial charge in [0.1, 0.15) is 0 Å². The standard InChI is InChI=1S/C15H20ClN3O2S2/c16-15-12-5-1-2-6-13(12)22-14(15)10-19-7-3-4-11(9-19)8-18-23(17,20)21/h1-2,5-6,11,18H,3-4,7-10H2,(H2,17,20,21)/t11-/m0/s1. The molecule has 3 rings (SSSR count). The van der Waals surface area contributed by atoms with Crippen molar-refractivity contribution in [1.82, 2.24) is 9.62 Å². The highest BCUT2D eigenvalue weighted by molar-refractivity contribution is 7.87. The summed E-state index contributed by atoms with van der Waals surface area (Å²) in [4.78, 5) is 3.52. The van der Waals surface area contributed by atoms with E-state index in [1.54, 1.807) is 11.3 Å². The van der Waals surface area contributed by atoms with Crippen LogP contribution in [0.1, 0.15) is 17.7 Å². The molecule has 2 aromatic rings. The molecule has 0 bridgehead atoms. The molecule has 1 aliphatic heterocycles. The summed E-state index contributed by atoms with van der Waals surface area (Å²) < 4.78 is 25.7. The summed E-state index contributed by atoms with van der Waals surface area (Å²) >= 11 is 8.24. The molecule has 23 heavy (non-hydrogen) atoms. The molecular formula is C15H20ClN3O2S2. The van der Waals surface area contributed by atoms with E-state index in [-0.39, 0.29) is 5.92 Å². The fourth-order valence-corrected chi connectivity index (χ4v) is 5.07. The highest BCUT2D eigenvalue weighted by Gasteiger charge is 2.22. The minimum Gasteiger partial charge on any atom is -0.298 e. The molecule has 126 valence electrons. The zero-order valence-corrected chi connectivity index (χ0v) is 15.1. The average molecular weight is 374 g/mol. The third kappa shape index (κ3) is 4.43. The third-order valence-corrected chi connectivity index (χ3v) is 6.41. The van der Waals surface area contributed by atoms with Crippen LogP contribution in [0.4, 0.5) is 0 Å². The third-order valence-electron chi connectivity index (χ3n) is 4.15. The van der Waals surface area contributed by atoms with Gasteiger partial charge in [0.05, 0.1) is 5.02 Å². The monoisotopic (exact) mass is 373 g/mol. The molecule has 1 atom stereocenters. The number of hydrogen-bond donors (Lipinski definition) is 2. The second-order valence-corrected chi connectivity index (χ2v) is 8.87. The van der Waals surface area contributed by atoms with E-state index in [0.29, 0.717) is 6.54 Å². The Bertz CT molecular complexity index is 791. The van der Waals surface area contributed by atoms with Crippen molar-refractivity contribution in [2.75, 3.05) is 19.6 Å². The first-order valence-corrected chi connectivity index (χ1v) is 10.3. The number of likely N-dealkylation sites (tertiary alicyclic amines) is 1. The zero-order chi connectivity index (χ0) is 16.4. The molecule has 0 unspecified atom stereocenters. The fourth-order valence-electron chi connectivity index (χ4n) is 3.06. The minimum atomic E-state index is -3.61. The molecular weight excluding hydrogens is 354 g/mol. The molecule has 1 aromatic carbocycles. The second-order valence-electron chi connectivity index (χ2n) is 5.97. The number of thiophene rings is 1. The summed E-state index contributed by atoms with van der Waals surface area (Å²) in [5, 5.41) is 6.96. The van der Waals surface area contributed by atoms with Gasteiger partial charge in [-0.1, -0.05) is 29.8 Å². The van der Waals surface area contributed by atoms with Gasteiger partial charge in [-0.3, -0.25) is 4.90 Å². The van der Waals surface area contributed by atoms with Crippen molar-refractivity contribution in [3.05, 3.63) is 34.2 Å². The van der Waals surface area contributed by atoms with Crippen molar-refractivity contribution in [3.63, 3.8) is 0 Å². The summed E-state index contributed by atoms with van der Waals surface area (Å²) in [6, 6.07) is 8.16. The van der Waals surface area contributed by atoms with Gasteiger partial charge in [-0.25, -0.2) is 9.86 Å². The number of nitrogens with zero attached hydrogens (tertiary/aromatic N) is 1. The molecule has 0 spiro atoms. The summed E-state index contributed by atoms with van der Waals surface area (Å²) in [6.45, 7) is 3.07. The Labute approximate surface area is 145 Å². The Kier molecular flexibility index (Phi) is 5.25. The predicted octanol–water partition coefficient (Wildman–Crippen LogP) is 2.56. The van der Waals surface area contributed by atoms with E-state index in [0.717, 1.165) is 42.9 Å². The molecule has 0 saturated carbocycles. The molecule has 3 N–H and O–H groups in total. The van der Waals surface area contributed by atoms with Gasteiger partial charge in [-0.2, -0.15) is 8.42 Å². The second kappa shape index (κ2) is 7.04. The van der Waals surface area contributed by atoms with Gasteiger partial charge in [0.2, 0.25) is 0 Å². The molecule has 1 aromatic heterocycles. The smallest absolute Gasteiger partial charge is 0.274 e. The number of hydrogen-bond acceptors (Lipinski definition) is 4. The van der Waals surface area contributed by atoms with Crippen LogP contribution in [-0.2, 0) is 16.8 Å². The van der Waals surface area contributed by atoms with Crippen molar-refractivity contribution in [2.24, 2.45) is 11.1 Å². The van der Waals surface area contributed by atoms with Crippen LogP contribution in [0, 0.1) is 5.92 Å². The predicted molar refractivity (Wildman–Crippen MR) is 95.9 cm³/mol. The molecule has 5 nitrogen and oxygen atoms in total. The van der Waals surface area contributed by atoms with Gasteiger partial charge in [0.25, 0.3) is 10.2 Å². The number of benzene rings is 1. The van der Waals surface area contributed by atoms with E-state index in [1.807, 2.05) is 18.2 Å². The van der Waals surface area contributed by atoms with Crippen molar-refractivity contribution >= 4 is 43.2 Å². The van der Waals surface area contributed by atoms with Crippen LogP contribution in [0.15, 0.2) is 24.3 Å². The van der Waals surface area contributed by atoms with Gasteiger partial charge in [0.15, 0.2) is 0 Å². The Morgan fingerprint density at radius 3 is 2.91 bits per heavy atom. The number of nitrogens with one attached hydrogen (secondary N) is 1. The van der Waals surface area contributed by atoms with Crippen LogP contribution in [0.2, 0.25) is 5.02 Å². The minimum absolute atomic E-state index is 0.287. The van der Waals surface area contributed by atoms with Crippen molar-refractivity contribution < 1.29 is 8.42 Å². The number of nitrogens with two attached hydrogens (primary N) is 1. The first-order chi connectivity index (χ1) is 10.9. The number of fused-ring (bicyclic) bond motifs is 1. The molecule has 0 aliphatic carbocycles. The highest BCUT2D eigenvalue weighted by Crippen LogP contribution is 2.36. The quantitative estimate of drug-likeness (QED) is 0.845. The Morgan fingerprint density at radius 1 is 1.39 bits per heavy atom. The van der Waals surface area contributed by atoms with Crippen LogP contribution in [0.5, 0.6) is 0 Å². The molecule has 1 fully saturated rings. The molecule has 1 aliphatic rings. The first-order valence-electron chi connectivity index (χ1n) is 7.58. The van der Waals surface area contributed by atoms with Crippen molar-refractivity contribution in [1.29, 1.82) is 0 Å². The summed E-state index contributed by atoms with van der Waals surface area (Å²) in [6.07, 6.45) is 2.07. The number of piperidine rings is 1. The summed E-state index contributed by atoms with van der Waals surface area (Å²) in [5.74, 6) is 0.287. The Hall–Kier alpha value is -0.700. The van der Waals surface area contributed by atoms with E-state index >= 15 is 0 Å². The van der Waals surface area contributed by atoms with E-state index < -0.39 is 10.2 Å². The number of halogens is 1. The highest BCUT2D eigenvalue weighted by atomic mass is 35.5. The van der Waals surface area contributed by atoms with Crippen molar-refractivity contribution in [2.45, 2.75) is 19.4 Å². The van der Waals surface area contributed by atoms with Gasteiger partial charge in [-0.05, 0) is 31.4 Å². The average Bonchev–Trinajstić information content (AvgIpc) is 2.82. The van der Waals surface area contributed by atoms with Crippen LogP contribution < -0.4 is 9.86 Å². The van der Waals surface area contributed by atoms with E-state index in [2.05, 4.69) is 15.7 Å². The number of rotatable bonds is 5. The van der Waals surface area contributed by atoms with E-state index in [4.69, 9.17) is 16.7 Å². The summed E-state index contributed by atoms with van der Waals surface area (Å²) in [7, 11) is -3.61. The van der Waals surface area contributed by atoms with Crippen molar-refractivity contribution in [3.8, 4) is 0 Å². The lowest BCUT2D eigenvalue weighted by molar-refractivity contribution is 0.170. The maximum Gasteiger partial charge on any atom is 0.274 e. The van der Waals surface area contributed by atoms with Crippen LogP contribution >= 0.6 is 22.9 Å². The molecule has 8 heteroatoms. The van der Waals surface area contributed by atoms with Crippen LogP contribution in [0.3, 0.4) is 0 Å². The van der Waals surface area contributed by atoms with E-state index in [9.17, 15) is 8.42 Å². The zero-order valence-electron chi connectivity index (χ0n) is 12.7. The molecule has 1 saturated heterocycles. The molecule has 2 heterocycles.